The van der Waals surface area contributed by atoms with Crippen LogP contribution in [-0.4, -0.2) is 18.5 Å². The predicted molar refractivity (Wildman–Crippen MR) is 89.2 cm³/mol. The van der Waals surface area contributed by atoms with Crippen molar-refractivity contribution in [1.29, 1.82) is 0 Å². The number of rotatable bonds is 6. The van der Waals surface area contributed by atoms with Crippen molar-refractivity contribution in [3.8, 4) is 0 Å². The van der Waals surface area contributed by atoms with Gasteiger partial charge in [-0.2, -0.15) is 0 Å². The van der Waals surface area contributed by atoms with Gasteiger partial charge in [0.1, 0.15) is 4.88 Å². The van der Waals surface area contributed by atoms with Crippen LogP contribution in [-0.2, 0) is 0 Å². The SMILES string of the molecule is CCCNC(=O)c1sc(NC2CCCC2)c(C2CC2)c1N. The molecule has 2 aliphatic carbocycles. The number of thiophene rings is 1. The average molecular weight is 307 g/mol. The third-order valence-corrected chi connectivity index (χ3v) is 5.55. The van der Waals surface area contributed by atoms with Crippen LogP contribution in [0.5, 0.6) is 0 Å². The van der Waals surface area contributed by atoms with E-state index in [1.807, 2.05) is 0 Å². The lowest BCUT2D eigenvalue weighted by molar-refractivity contribution is 0.0958. The van der Waals surface area contributed by atoms with Crippen LogP contribution < -0.4 is 16.4 Å². The van der Waals surface area contributed by atoms with Gasteiger partial charge in [-0.1, -0.05) is 19.8 Å². The number of nitrogens with two attached hydrogens (primary N) is 1. The zero-order valence-corrected chi connectivity index (χ0v) is 13.5. The number of anilines is 2. The standard InChI is InChI=1S/C16H25N3OS/c1-2-9-18-15(20)14-13(17)12(10-7-8-10)16(21-14)19-11-5-3-4-6-11/h10-11,19H,2-9,17H2,1H3,(H,18,20). The second kappa shape index (κ2) is 6.26. The first kappa shape index (κ1) is 14.7. The number of nitrogen functional groups attached to an aromatic ring is 1. The molecule has 0 bridgehead atoms. The molecule has 1 heterocycles. The minimum atomic E-state index is -0.0132. The second-order valence-corrected chi connectivity index (χ2v) is 7.26. The first-order valence-electron chi connectivity index (χ1n) is 8.17. The van der Waals surface area contributed by atoms with Crippen LogP contribution in [0.3, 0.4) is 0 Å². The molecule has 2 saturated carbocycles. The Kier molecular flexibility index (Phi) is 4.38. The Morgan fingerprint density at radius 3 is 2.62 bits per heavy atom. The zero-order valence-electron chi connectivity index (χ0n) is 12.7. The molecule has 0 spiro atoms. The molecule has 1 amide bonds. The predicted octanol–water partition coefficient (Wildman–Crippen LogP) is 3.70. The monoisotopic (exact) mass is 307 g/mol. The largest absolute Gasteiger partial charge is 0.397 e. The highest BCUT2D eigenvalue weighted by atomic mass is 32.1. The van der Waals surface area contributed by atoms with Gasteiger partial charge < -0.3 is 16.4 Å². The maximum atomic E-state index is 12.3. The fourth-order valence-electron chi connectivity index (χ4n) is 3.08. The van der Waals surface area contributed by atoms with Gasteiger partial charge >= 0.3 is 0 Å². The van der Waals surface area contributed by atoms with Gasteiger partial charge in [0.15, 0.2) is 0 Å². The first-order valence-corrected chi connectivity index (χ1v) is 8.99. The number of carbonyl (C=O) groups is 1. The lowest BCUT2D eigenvalue weighted by Crippen LogP contribution is -2.23. The Hall–Kier alpha value is -1.23. The maximum Gasteiger partial charge on any atom is 0.263 e. The highest BCUT2D eigenvalue weighted by molar-refractivity contribution is 7.18. The Balaban J connectivity index is 1.82. The summed E-state index contributed by atoms with van der Waals surface area (Å²) in [5.74, 6) is 0.554. The van der Waals surface area contributed by atoms with Gasteiger partial charge in [-0.15, -0.1) is 11.3 Å². The molecule has 0 atom stereocenters. The molecule has 4 nitrogen and oxygen atoms in total. The van der Waals surface area contributed by atoms with Crippen molar-refractivity contribution in [1.82, 2.24) is 5.32 Å². The van der Waals surface area contributed by atoms with Gasteiger partial charge in [0.2, 0.25) is 0 Å². The average Bonchev–Trinajstić information content (AvgIpc) is 3.07. The molecule has 1 aromatic heterocycles. The molecule has 4 N–H and O–H groups in total. The molecule has 2 aliphatic rings. The molecule has 3 rings (SSSR count). The number of hydrogen-bond acceptors (Lipinski definition) is 4. The van der Waals surface area contributed by atoms with Crippen molar-refractivity contribution in [3.63, 3.8) is 0 Å². The van der Waals surface area contributed by atoms with Crippen molar-refractivity contribution in [2.24, 2.45) is 0 Å². The van der Waals surface area contributed by atoms with E-state index >= 15 is 0 Å². The summed E-state index contributed by atoms with van der Waals surface area (Å²) in [6.07, 6.45) is 8.44. The zero-order chi connectivity index (χ0) is 14.8. The minimum Gasteiger partial charge on any atom is -0.397 e. The molecule has 0 radical (unpaired) electrons. The van der Waals surface area contributed by atoms with Crippen molar-refractivity contribution < 1.29 is 4.79 Å². The second-order valence-electron chi connectivity index (χ2n) is 6.24. The molecule has 2 fully saturated rings. The van der Waals surface area contributed by atoms with Gasteiger partial charge in [0.25, 0.3) is 5.91 Å². The highest BCUT2D eigenvalue weighted by Crippen LogP contribution is 2.51. The van der Waals surface area contributed by atoms with Crippen molar-refractivity contribution in [3.05, 3.63) is 10.4 Å². The molecule has 5 heteroatoms. The maximum absolute atomic E-state index is 12.3. The van der Waals surface area contributed by atoms with Gasteiger partial charge in [0, 0.05) is 18.2 Å². The van der Waals surface area contributed by atoms with Gasteiger partial charge in [0.05, 0.1) is 10.7 Å². The van der Waals surface area contributed by atoms with E-state index in [-0.39, 0.29) is 5.91 Å². The Morgan fingerprint density at radius 2 is 2.00 bits per heavy atom. The van der Waals surface area contributed by atoms with Crippen molar-refractivity contribution >= 4 is 27.9 Å². The van der Waals surface area contributed by atoms with Crippen LogP contribution in [0.25, 0.3) is 0 Å². The molecular weight excluding hydrogens is 282 g/mol. The Morgan fingerprint density at radius 1 is 1.29 bits per heavy atom. The highest BCUT2D eigenvalue weighted by Gasteiger charge is 2.33. The first-order chi connectivity index (χ1) is 10.2. The summed E-state index contributed by atoms with van der Waals surface area (Å²) < 4.78 is 0. The number of carbonyl (C=O) groups excluding carboxylic acids is 1. The summed E-state index contributed by atoms with van der Waals surface area (Å²) in [7, 11) is 0. The number of amides is 1. The molecule has 1 aromatic rings. The lowest BCUT2D eigenvalue weighted by Gasteiger charge is -2.13. The van der Waals surface area contributed by atoms with Crippen LogP contribution in [0.4, 0.5) is 10.7 Å². The minimum absolute atomic E-state index is 0.0132. The molecule has 116 valence electrons. The third-order valence-electron chi connectivity index (χ3n) is 4.40. The van der Waals surface area contributed by atoms with Gasteiger partial charge in [-0.25, -0.2) is 0 Å². The Labute approximate surface area is 130 Å². The van der Waals surface area contributed by atoms with Gasteiger partial charge in [-0.05, 0) is 38.0 Å². The number of nitrogens with one attached hydrogen (secondary N) is 2. The molecule has 0 aromatic carbocycles. The summed E-state index contributed by atoms with van der Waals surface area (Å²) in [4.78, 5) is 13.0. The fraction of sp³-hybridized carbons (Fsp3) is 0.688. The smallest absolute Gasteiger partial charge is 0.263 e. The summed E-state index contributed by atoms with van der Waals surface area (Å²) in [6.45, 7) is 2.76. The molecule has 0 saturated heterocycles. The molecule has 0 unspecified atom stereocenters. The molecular formula is C16H25N3OS. The Bertz CT molecular complexity index is 516. The van der Waals surface area contributed by atoms with E-state index in [1.54, 1.807) is 11.3 Å². The van der Waals surface area contributed by atoms with Crippen molar-refractivity contribution in [2.75, 3.05) is 17.6 Å². The lowest BCUT2D eigenvalue weighted by atomic mass is 10.1. The fourth-order valence-corrected chi connectivity index (χ4v) is 4.29. The molecule has 21 heavy (non-hydrogen) atoms. The van der Waals surface area contributed by atoms with E-state index in [1.165, 1.54) is 44.1 Å². The summed E-state index contributed by atoms with van der Waals surface area (Å²) >= 11 is 1.55. The van der Waals surface area contributed by atoms with E-state index in [9.17, 15) is 4.79 Å². The molecule has 0 aliphatic heterocycles. The van der Waals surface area contributed by atoms with Crippen LogP contribution in [0.1, 0.15) is 73.0 Å². The topological polar surface area (TPSA) is 67.2 Å². The van der Waals surface area contributed by atoms with Crippen LogP contribution in [0.2, 0.25) is 0 Å². The normalized spacial score (nSPS) is 18.9. The van der Waals surface area contributed by atoms with E-state index < -0.39 is 0 Å². The van der Waals surface area contributed by atoms with Crippen LogP contribution >= 0.6 is 11.3 Å². The third kappa shape index (κ3) is 3.18. The summed E-state index contributed by atoms with van der Waals surface area (Å²) in [6, 6.07) is 0.562. The van der Waals surface area contributed by atoms with E-state index in [0.717, 1.165) is 17.1 Å². The van der Waals surface area contributed by atoms with Crippen LogP contribution in [0, 0.1) is 0 Å². The van der Waals surface area contributed by atoms with E-state index in [0.29, 0.717) is 23.4 Å². The van der Waals surface area contributed by atoms with Crippen LogP contribution in [0.15, 0.2) is 0 Å². The van der Waals surface area contributed by atoms with E-state index in [4.69, 9.17) is 5.73 Å². The van der Waals surface area contributed by atoms with E-state index in [2.05, 4.69) is 17.6 Å². The summed E-state index contributed by atoms with van der Waals surface area (Å²) in [5.41, 5.74) is 8.24. The quantitative estimate of drug-likeness (QED) is 0.750. The number of hydrogen-bond donors (Lipinski definition) is 3. The van der Waals surface area contributed by atoms with Crippen molar-refractivity contribution in [2.45, 2.75) is 63.8 Å². The summed E-state index contributed by atoms with van der Waals surface area (Å²) in [5, 5.41) is 7.76. The van der Waals surface area contributed by atoms with Gasteiger partial charge in [-0.3, -0.25) is 4.79 Å².